The number of nitrogens with one attached hydrogen (secondary N) is 1. The molecule has 4 rings (SSSR count). The van der Waals surface area contributed by atoms with Gasteiger partial charge in [0.2, 0.25) is 5.16 Å². The largest absolute Gasteiger partial charge is 0.492 e. The highest BCUT2D eigenvalue weighted by Gasteiger charge is 2.15. The standard InChI is InChI=1S/C17H14N8O2S/c1-2-27-14-6-4-3-5-13(14)24-17(21-22-23-24)28-10-12-7-15(26)25-16(20-12)11(8-18)9-19-25/h3-7,9,19H,2,10H2,1H3. The number of nitrogens with zero attached hydrogens (tertiary/aromatic N) is 7. The number of hydrogen-bond donors (Lipinski definition) is 1. The van der Waals surface area contributed by atoms with Gasteiger partial charge in [-0.1, -0.05) is 23.9 Å². The van der Waals surface area contributed by atoms with Crippen LogP contribution in [-0.2, 0) is 5.75 Å². The Bertz CT molecular complexity index is 1240. The normalized spacial score (nSPS) is 10.9. The van der Waals surface area contributed by atoms with Crippen LogP contribution < -0.4 is 10.3 Å². The van der Waals surface area contributed by atoms with Gasteiger partial charge in [-0.05, 0) is 29.5 Å². The Morgan fingerprint density at radius 2 is 2.21 bits per heavy atom. The van der Waals surface area contributed by atoms with E-state index in [0.29, 0.717) is 40.2 Å². The van der Waals surface area contributed by atoms with Gasteiger partial charge in [0, 0.05) is 18.0 Å². The highest BCUT2D eigenvalue weighted by atomic mass is 32.2. The van der Waals surface area contributed by atoms with Crippen molar-refractivity contribution in [2.75, 3.05) is 6.61 Å². The zero-order chi connectivity index (χ0) is 19.5. The lowest BCUT2D eigenvalue weighted by Gasteiger charge is -2.10. The number of fused-ring (bicyclic) bond motifs is 1. The second kappa shape index (κ2) is 7.53. The molecule has 0 spiro atoms. The van der Waals surface area contributed by atoms with Crippen LogP contribution in [0.4, 0.5) is 0 Å². The van der Waals surface area contributed by atoms with E-state index in [1.165, 1.54) is 28.5 Å². The number of H-pyrrole nitrogens is 1. The van der Waals surface area contributed by atoms with Gasteiger partial charge in [-0.25, -0.2) is 9.50 Å². The summed E-state index contributed by atoms with van der Waals surface area (Å²) in [6.07, 6.45) is 1.45. The molecule has 3 heterocycles. The first-order chi connectivity index (χ1) is 13.7. The topological polar surface area (TPSA) is 127 Å². The molecular formula is C17H14N8O2S. The lowest BCUT2D eigenvalue weighted by Crippen LogP contribution is -2.15. The van der Waals surface area contributed by atoms with Crippen LogP contribution in [0.3, 0.4) is 0 Å². The van der Waals surface area contributed by atoms with Crippen LogP contribution in [0, 0.1) is 11.3 Å². The third-order valence-corrected chi connectivity index (χ3v) is 4.81. The molecule has 0 aliphatic carbocycles. The maximum atomic E-state index is 12.2. The molecule has 0 atom stereocenters. The van der Waals surface area contributed by atoms with Crippen molar-refractivity contribution in [1.29, 1.82) is 5.26 Å². The summed E-state index contributed by atoms with van der Waals surface area (Å²) >= 11 is 1.33. The van der Waals surface area contributed by atoms with Crippen LogP contribution >= 0.6 is 11.8 Å². The van der Waals surface area contributed by atoms with Crippen molar-refractivity contribution in [3.63, 3.8) is 0 Å². The minimum Gasteiger partial charge on any atom is -0.492 e. The molecule has 140 valence electrons. The maximum absolute atomic E-state index is 12.2. The fourth-order valence-corrected chi connectivity index (χ4v) is 3.43. The fourth-order valence-electron chi connectivity index (χ4n) is 2.65. The Kier molecular flexibility index (Phi) is 4.77. The molecule has 0 unspecified atom stereocenters. The predicted octanol–water partition coefficient (Wildman–Crippen LogP) is 1.56. The van der Waals surface area contributed by atoms with Crippen molar-refractivity contribution in [2.45, 2.75) is 17.8 Å². The quantitative estimate of drug-likeness (QED) is 0.488. The second-order valence-corrected chi connectivity index (χ2v) is 6.55. The Morgan fingerprint density at radius 1 is 1.36 bits per heavy atom. The van der Waals surface area contributed by atoms with Gasteiger partial charge < -0.3 is 4.74 Å². The number of tetrazole rings is 1. The van der Waals surface area contributed by atoms with E-state index in [2.05, 4.69) is 25.6 Å². The minimum absolute atomic E-state index is 0.289. The number of nitriles is 1. The first-order valence-electron chi connectivity index (χ1n) is 8.34. The van der Waals surface area contributed by atoms with Gasteiger partial charge >= 0.3 is 0 Å². The van der Waals surface area contributed by atoms with Crippen molar-refractivity contribution < 1.29 is 4.74 Å². The van der Waals surface area contributed by atoms with E-state index in [-0.39, 0.29) is 5.56 Å². The van der Waals surface area contributed by atoms with Crippen LogP contribution in [0.2, 0.25) is 0 Å². The van der Waals surface area contributed by atoms with Gasteiger partial charge in [0.05, 0.1) is 12.3 Å². The summed E-state index contributed by atoms with van der Waals surface area (Å²) in [5.41, 5.74) is 1.56. The maximum Gasteiger partial charge on any atom is 0.272 e. The van der Waals surface area contributed by atoms with Crippen molar-refractivity contribution in [1.82, 2.24) is 34.8 Å². The van der Waals surface area contributed by atoms with Gasteiger partial charge in [0.15, 0.2) is 5.65 Å². The van der Waals surface area contributed by atoms with Crippen LogP contribution in [0.25, 0.3) is 11.3 Å². The predicted molar refractivity (Wildman–Crippen MR) is 100 cm³/mol. The van der Waals surface area contributed by atoms with Crippen molar-refractivity contribution in [3.8, 4) is 17.5 Å². The lowest BCUT2D eigenvalue weighted by molar-refractivity contribution is 0.337. The summed E-state index contributed by atoms with van der Waals surface area (Å²) in [5, 5.41) is 24.2. The Morgan fingerprint density at radius 3 is 3.04 bits per heavy atom. The summed E-state index contributed by atoms with van der Waals surface area (Å²) in [6, 6.07) is 10.9. The molecule has 4 aromatic rings. The Hall–Kier alpha value is -3.65. The molecular weight excluding hydrogens is 380 g/mol. The Labute approximate surface area is 162 Å². The lowest BCUT2D eigenvalue weighted by atomic mass is 10.3. The number of benzene rings is 1. The minimum atomic E-state index is -0.289. The Balaban J connectivity index is 1.63. The monoisotopic (exact) mass is 394 g/mol. The fraction of sp³-hybridized carbons (Fsp3) is 0.176. The zero-order valence-corrected chi connectivity index (χ0v) is 15.6. The third kappa shape index (κ3) is 3.21. The number of thioether (sulfide) groups is 1. The van der Waals surface area contributed by atoms with E-state index in [0.717, 1.165) is 5.69 Å². The number of rotatable bonds is 6. The van der Waals surface area contributed by atoms with E-state index < -0.39 is 0 Å². The molecule has 11 heteroatoms. The summed E-state index contributed by atoms with van der Waals surface area (Å²) in [4.78, 5) is 16.6. The highest BCUT2D eigenvalue weighted by molar-refractivity contribution is 7.98. The number of para-hydroxylation sites is 2. The van der Waals surface area contributed by atoms with Gasteiger partial charge in [-0.3, -0.25) is 9.89 Å². The van der Waals surface area contributed by atoms with Gasteiger partial charge in [-0.2, -0.15) is 9.94 Å². The molecule has 10 nitrogen and oxygen atoms in total. The van der Waals surface area contributed by atoms with E-state index in [1.54, 1.807) is 4.68 Å². The molecule has 0 aliphatic rings. The number of aromatic nitrogens is 7. The van der Waals surface area contributed by atoms with Crippen LogP contribution in [-0.4, -0.2) is 41.4 Å². The molecule has 0 saturated carbocycles. The average molecular weight is 394 g/mol. The molecule has 3 aromatic heterocycles. The first kappa shape index (κ1) is 17.7. The molecule has 1 aromatic carbocycles. The number of aromatic amines is 1. The molecule has 0 bridgehead atoms. The molecule has 0 radical (unpaired) electrons. The summed E-state index contributed by atoms with van der Waals surface area (Å²) in [7, 11) is 0. The molecule has 28 heavy (non-hydrogen) atoms. The SMILES string of the molecule is CCOc1ccccc1-n1nnnc1SCc1cc(=O)n2[nH]cc(C#N)c2n1. The van der Waals surface area contributed by atoms with Crippen LogP contribution in [0.1, 0.15) is 18.2 Å². The van der Waals surface area contributed by atoms with E-state index in [1.807, 2.05) is 37.3 Å². The van der Waals surface area contributed by atoms with E-state index in [9.17, 15) is 4.79 Å². The number of hydrogen-bond acceptors (Lipinski definition) is 8. The number of ether oxygens (including phenoxy) is 1. The van der Waals surface area contributed by atoms with Gasteiger partial charge in [0.1, 0.15) is 23.1 Å². The summed E-state index contributed by atoms with van der Waals surface area (Å²) in [5.74, 6) is 1.03. The van der Waals surface area contributed by atoms with Gasteiger partial charge in [0.25, 0.3) is 5.56 Å². The second-order valence-electron chi connectivity index (χ2n) is 5.61. The third-order valence-electron chi connectivity index (χ3n) is 3.85. The van der Waals surface area contributed by atoms with E-state index in [4.69, 9.17) is 10.00 Å². The molecule has 0 saturated heterocycles. The zero-order valence-electron chi connectivity index (χ0n) is 14.7. The summed E-state index contributed by atoms with van der Waals surface area (Å²) < 4.78 is 8.46. The van der Waals surface area contributed by atoms with E-state index >= 15 is 0 Å². The van der Waals surface area contributed by atoms with Crippen molar-refractivity contribution in [2.24, 2.45) is 0 Å². The van der Waals surface area contributed by atoms with Gasteiger partial charge in [-0.15, -0.1) is 5.10 Å². The van der Waals surface area contributed by atoms with Crippen LogP contribution in [0.5, 0.6) is 5.75 Å². The molecule has 1 N–H and O–H groups in total. The van der Waals surface area contributed by atoms with Crippen LogP contribution in [0.15, 0.2) is 46.5 Å². The average Bonchev–Trinajstić information content (AvgIpc) is 3.34. The van der Waals surface area contributed by atoms with Crippen molar-refractivity contribution in [3.05, 3.63) is 58.1 Å². The highest BCUT2D eigenvalue weighted by Crippen LogP contribution is 2.27. The van der Waals surface area contributed by atoms with Crippen molar-refractivity contribution >= 4 is 17.4 Å². The summed E-state index contributed by atoms with van der Waals surface area (Å²) in [6.45, 7) is 2.43. The molecule has 0 aliphatic heterocycles. The molecule has 0 amide bonds. The first-order valence-corrected chi connectivity index (χ1v) is 9.33. The molecule has 0 fully saturated rings. The smallest absolute Gasteiger partial charge is 0.272 e.